The van der Waals surface area contributed by atoms with Gasteiger partial charge in [0.05, 0.1) is 22.4 Å². The van der Waals surface area contributed by atoms with Crippen LogP contribution in [-0.4, -0.2) is 24.1 Å². The Morgan fingerprint density at radius 2 is 1.93 bits per heavy atom. The lowest BCUT2D eigenvalue weighted by Gasteiger charge is -2.10. The van der Waals surface area contributed by atoms with E-state index < -0.39 is 4.92 Å². The zero-order valence-corrected chi connectivity index (χ0v) is 14.7. The van der Waals surface area contributed by atoms with Gasteiger partial charge in [0.15, 0.2) is 5.82 Å². The van der Waals surface area contributed by atoms with Gasteiger partial charge in [0.2, 0.25) is 5.78 Å². The Morgan fingerprint density at radius 3 is 2.70 bits per heavy atom. The van der Waals surface area contributed by atoms with E-state index in [1.807, 2.05) is 22.6 Å². The van der Waals surface area contributed by atoms with Crippen LogP contribution in [0.25, 0.3) is 16.7 Å². The van der Waals surface area contributed by atoms with Gasteiger partial charge in [-0.15, -0.1) is 10.2 Å². The van der Waals surface area contributed by atoms with Gasteiger partial charge in [0, 0.05) is 24.4 Å². The maximum absolute atomic E-state index is 12.5. The average molecular weight is 364 g/mol. The summed E-state index contributed by atoms with van der Waals surface area (Å²) in [6, 6.07) is 12.1. The van der Waals surface area contributed by atoms with Crippen LogP contribution in [0.5, 0.6) is 0 Å². The highest BCUT2D eigenvalue weighted by molar-refractivity contribution is 5.80. The molecule has 0 fully saturated rings. The first-order chi connectivity index (χ1) is 13.0. The first-order valence-electron chi connectivity index (χ1n) is 8.28. The Labute approximate surface area is 153 Å². The summed E-state index contributed by atoms with van der Waals surface area (Å²) in [6.45, 7) is 1.99. The minimum absolute atomic E-state index is 0.0546. The van der Waals surface area contributed by atoms with E-state index >= 15 is 0 Å². The second-order valence-electron chi connectivity index (χ2n) is 6.19. The third kappa shape index (κ3) is 2.60. The van der Waals surface area contributed by atoms with E-state index in [2.05, 4.69) is 15.5 Å². The summed E-state index contributed by atoms with van der Waals surface area (Å²) in [5, 5.41) is 23.2. The van der Waals surface area contributed by atoms with Crippen LogP contribution in [0.2, 0.25) is 0 Å². The maximum atomic E-state index is 12.5. The summed E-state index contributed by atoms with van der Waals surface area (Å²) >= 11 is 0. The number of aryl methyl sites for hydroxylation is 1. The molecule has 2 aromatic carbocycles. The number of nitro groups is 1. The number of nitro benzene ring substituents is 1. The number of rotatable bonds is 4. The lowest BCUT2D eigenvalue weighted by molar-refractivity contribution is -0.385. The Morgan fingerprint density at radius 1 is 1.15 bits per heavy atom. The number of anilines is 1. The van der Waals surface area contributed by atoms with Crippen LogP contribution in [0.15, 0.2) is 47.3 Å². The highest BCUT2D eigenvalue weighted by Gasteiger charge is 2.16. The minimum Gasteiger partial charge on any atom is -0.377 e. The van der Waals surface area contributed by atoms with Gasteiger partial charge in [0.1, 0.15) is 0 Å². The minimum atomic E-state index is -0.406. The van der Waals surface area contributed by atoms with Gasteiger partial charge < -0.3 is 5.32 Å². The molecule has 9 heteroatoms. The average Bonchev–Trinajstić information content (AvgIpc) is 3.09. The highest BCUT2D eigenvalue weighted by atomic mass is 16.6. The monoisotopic (exact) mass is 364 g/mol. The molecule has 4 rings (SSSR count). The van der Waals surface area contributed by atoms with Gasteiger partial charge in [-0.3, -0.25) is 23.9 Å². The maximum Gasteiger partial charge on any atom is 0.274 e. The summed E-state index contributed by atoms with van der Waals surface area (Å²) < 4.78 is 3.27. The van der Waals surface area contributed by atoms with E-state index in [9.17, 15) is 14.9 Å². The van der Waals surface area contributed by atoms with Crippen molar-refractivity contribution < 1.29 is 4.92 Å². The molecule has 0 unspecified atom stereocenters. The fourth-order valence-electron chi connectivity index (χ4n) is 3.19. The molecule has 0 atom stereocenters. The molecule has 2 aromatic heterocycles. The van der Waals surface area contributed by atoms with Crippen LogP contribution in [-0.2, 0) is 13.6 Å². The van der Waals surface area contributed by atoms with Crippen molar-refractivity contribution in [3.63, 3.8) is 0 Å². The third-order valence-corrected chi connectivity index (χ3v) is 4.63. The molecule has 136 valence electrons. The Kier molecular flexibility index (Phi) is 3.84. The molecule has 4 aromatic rings. The van der Waals surface area contributed by atoms with Crippen LogP contribution in [0.4, 0.5) is 11.4 Å². The van der Waals surface area contributed by atoms with Gasteiger partial charge in [0.25, 0.3) is 11.2 Å². The van der Waals surface area contributed by atoms with Crippen molar-refractivity contribution in [3.8, 4) is 0 Å². The van der Waals surface area contributed by atoms with E-state index in [-0.39, 0.29) is 11.2 Å². The molecule has 9 nitrogen and oxygen atoms in total. The molecule has 0 bridgehead atoms. The molecule has 0 aliphatic carbocycles. The summed E-state index contributed by atoms with van der Waals surface area (Å²) in [5.41, 5.74) is 1.83. The molecule has 27 heavy (non-hydrogen) atoms. The number of nitrogens with zero attached hydrogens (tertiary/aromatic N) is 5. The summed E-state index contributed by atoms with van der Waals surface area (Å²) in [4.78, 5) is 23.2. The number of para-hydroxylation sites is 1. The summed E-state index contributed by atoms with van der Waals surface area (Å²) in [6.07, 6.45) is 0. The second-order valence-corrected chi connectivity index (χ2v) is 6.19. The predicted molar refractivity (Wildman–Crippen MR) is 101 cm³/mol. The molecule has 0 saturated heterocycles. The number of aromatic nitrogens is 4. The largest absolute Gasteiger partial charge is 0.377 e. The number of hydrogen-bond acceptors (Lipinski definition) is 6. The number of hydrogen-bond donors (Lipinski definition) is 1. The van der Waals surface area contributed by atoms with Crippen LogP contribution in [0.3, 0.4) is 0 Å². The molecular weight excluding hydrogens is 348 g/mol. The molecule has 1 N–H and O–H groups in total. The lowest BCUT2D eigenvalue weighted by Crippen LogP contribution is -2.20. The van der Waals surface area contributed by atoms with Crippen molar-refractivity contribution >= 4 is 28.1 Å². The molecule has 0 spiro atoms. The second kappa shape index (κ2) is 6.20. The SMILES string of the molecule is Cc1c(NCc2nnc3n(C)c(=O)c4ccccc4n23)cccc1[N+](=O)[O-]. The first-order valence-corrected chi connectivity index (χ1v) is 8.28. The van der Waals surface area contributed by atoms with Crippen molar-refractivity contribution in [1.29, 1.82) is 0 Å². The van der Waals surface area contributed by atoms with Crippen molar-refractivity contribution in [1.82, 2.24) is 19.2 Å². The lowest BCUT2D eigenvalue weighted by atomic mass is 10.1. The van der Waals surface area contributed by atoms with E-state index in [0.717, 1.165) is 0 Å². The topological polar surface area (TPSA) is 107 Å². The van der Waals surface area contributed by atoms with Gasteiger partial charge in [-0.05, 0) is 25.1 Å². The van der Waals surface area contributed by atoms with Crippen molar-refractivity contribution in [2.75, 3.05) is 5.32 Å². The smallest absolute Gasteiger partial charge is 0.274 e. The van der Waals surface area contributed by atoms with Gasteiger partial charge in [-0.25, -0.2) is 0 Å². The van der Waals surface area contributed by atoms with Gasteiger partial charge in [-0.2, -0.15) is 0 Å². The number of nitrogens with one attached hydrogen (secondary N) is 1. The first kappa shape index (κ1) is 16.7. The zero-order chi connectivity index (χ0) is 19.1. The van der Waals surface area contributed by atoms with Crippen molar-refractivity contribution in [2.45, 2.75) is 13.5 Å². The molecule has 2 heterocycles. The van der Waals surface area contributed by atoms with Gasteiger partial charge >= 0.3 is 0 Å². The number of benzene rings is 2. The quantitative estimate of drug-likeness (QED) is 0.440. The predicted octanol–water partition coefficient (Wildman–Crippen LogP) is 2.41. The van der Waals surface area contributed by atoms with Crippen LogP contribution in [0.1, 0.15) is 11.4 Å². The Balaban J connectivity index is 1.80. The molecular formula is C18H16N6O3. The van der Waals surface area contributed by atoms with Crippen LogP contribution < -0.4 is 10.9 Å². The number of fused-ring (bicyclic) bond motifs is 3. The van der Waals surface area contributed by atoms with Crippen molar-refractivity contribution in [2.24, 2.45) is 7.05 Å². The van der Waals surface area contributed by atoms with E-state index in [1.54, 1.807) is 32.2 Å². The summed E-state index contributed by atoms with van der Waals surface area (Å²) in [5.74, 6) is 1.04. The van der Waals surface area contributed by atoms with Crippen molar-refractivity contribution in [3.05, 3.63) is 74.3 Å². The Hall–Kier alpha value is -3.75. The fourth-order valence-corrected chi connectivity index (χ4v) is 3.19. The van der Waals surface area contributed by atoms with Gasteiger partial charge in [-0.1, -0.05) is 18.2 Å². The van der Waals surface area contributed by atoms with E-state index in [0.29, 0.717) is 40.3 Å². The zero-order valence-electron chi connectivity index (χ0n) is 14.7. The highest BCUT2D eigenvalue weighted by Crippen LogP contribution is 2.25. The molecule has 0 amide bonds. The van der Waals surface area contributed by atoms with Crippen LogP contribution in [0, 0.1) is 17.0 Å². The van der Waals surface area contributed by atoms with Crippen LogP contribution >= 0.6 is 0 Å². The molecule has 0 aliphatic rings. The molecule has 0 aliphatic heterocycles. The third-order valence-electron chi connectivity index (χ3n) is 4.63. The Bertz CT molecular complexity index is 1260. The standard InChI is InChI=1S/C18H16N6O3/c1-11-13(7-5-9-14(11)24(26)27)19-10-16-20-21-18-22(2)17(25)12-6-3-4-8-15(12)23(16)18/h3-9,19H,10H2,1-2H3. The molecule has 0 saturated carbocycles. The summed E-state index contributed by atoms with van der Waals surface area (Å²) in [7, 11) is 1.65. The van der Waals surface area contributed by atoms with E-state index in [4.69, 9.17) is 0 Å². The fraction of sp³-hybridized carbons (Fsp3) is 0.167. The van der Waals surface area contributed by atoms with E-state index in [1.165, 1.54) is 10.6 Å². The molecule has 0 radical (unpaired) electrons. The normalized spacial score (nSPS) is 11.2.